The van der Waals surface area contributed by atoms with Gasteiger partial charge in [-0.3, -0.25) is 4.98 Å². The Labute approximate surface area is 101 Å². The summed E-state index contributed by atoms with van der Waals surface area (Å²) in [6.07, 6.45) is 5.42. The van der Waals surface area contributed by atoms with E-state index < -0.39 is 0 Å². The van der Waals surface area contributed by atoms with Crippen LogP contribution >= 0.6 is 0 Å². The van der Waals surface area contributed by atoms with Gasteiger partial charge in [0.1, 0.15) is 0 Å². The van der Waals surface area contributed by atoms with Gasteiger partial charge in [-0.1, -0.05) is 6.92 Å². The first-order valence-corrected chi connectivity index (χ1v) is 5.92. The molecule has 1 aromatic heterocycles. The van der Waals surface area contributed by atoms with Crippen LogP contribution in [0.4, 0.5) is 16.2 Å². The number of rotatable bonds is 1. The van der Waals surface area contributed by atoms with E-state index in [-0.39, 0.29) is 6.03 Å². The van der Waals surface area contributed by atoms with Gasteiger partial charge in [-0.15, -0.1) is 0 Å². The minimum atomic E-state index is -0.0746. The highest BCUT2D eigenvalue weighted by Crippen LogP contribution is 2.19. The number of nitrogens with zero attached hydrogens (tertiary/aromatic N) is 2. The molecular weight excluding hydrogens is 216 g/mol. The zero-order valence-corrected chi connectivity index (χ0v) is 10.0. The van der Waals surface area contributed by atoms with Gasteiger partial charge in [0.15, 0.2) is 0 Å². The van der Waals surface area contributed by atoms with Crippen molar-refractivity contribution in [3.8, 4) is 0 Å². The fourth-order valence-corrected chi connectivity index (χ4v) is 2.09. The van der Waals surface area contributed by atoms with Crippen molar-refractivity contribution in [1.29, 1.82) is 0 Å². The Hall–Kier alpha value is -1.78. The average Bonchev–Trinajstić information content (AvgIpc) is 2.32. The number of amides is 2. The largest absolute Gasteiger partial charge is 0.396 e. The maximum atomic E-state index is 12.0. The number of hydrogen-bond donors (Lipinski definition) is 2. The van der Waals surface area contributed by atoms with Gasteiger partial charge >= 0.3 is 6.03 Å². The van der Waals surface area contributed by atoms with Gasteiger partial charge in [0.05, 0.1) is 17.6 Å². The van der Waals surface area contributed by atoms with Crippen LogP contribution in [-0.2, 0) is 0 Å². The van der Waals surface area contributed by atoms with E-state index in [2.05, 4.69) is 17.2 Å². The number of nitrogens with one attached hydrogen (secondary N) is 1. The highest BCUT2D eigenvalue weighted by Gasteiger charge is 2.21. The third-order valence-electron chi connectivity index (χ3n) is 3.04. The molecule has 0 aliphatic carbocycles. The van der Waals surface area contributed by atoms with Gasteiger partial charge in [-0.25, -0.2) is 4.79 Å². The summed E-state index contributed by atoms with van der Waals surface area (Å²) in [6, 6.07) is 1.63. The number of aromatic nitrogens is 1. The Kier molecular flexibility index (Phi) is 3.46. The maximum Gasteiger partial charge on any atom is 0.321 e. The number of urea groups is 1. The minimum absolute atomic E-state index is 0.0746. The molecule has 5 nitrogen and oxygen atoms in total. The lowest BCUT2D eigenvalue weighted by Crippen LogP contribution is -2.41. The fraction of sp³-hybridized carbons (Fsp3) is 0.500. The van der Waals surface area contributed by atoms with E-state index in [0.29, 0.717) is 17.3 Å². The quantitative estimate of drug-likeness (QED) is 0.780. The molecule has 2 rings (SSSR count). The summed E-state index contributed by atoms with van der Waals surface area (Å²) in [4.78, 5) is 17.7. The molecule has 1 atom stereocenters. The van der Waals surface area contributed by atoms with Crippen molar-refractivity contribution < 1.29 is 4.79 Å². The van der Waals surface area contributed by atoms with Crippen molar-refractivity contribution in [1.82, 2.24) is 9.88 Å². The van der Waals surface area contributed by atoms with Gasteiger partial charge in [-0.05, 0) is 24.8 Å². The molecule has 0 bridgehead atoms. The Balaban J connectivity index is 1.99. The van der Waals surface area contributed by atoms with Crippen LogP contribution in [0.25, 0.3) is 0 Å². The molecule has 1 aliphatic heterocycles. The van der Waals surface area contributed by atoms with E-state index >= 15 is 0 Å². The molecule has 2 amide bonds. The van der Waals surface area contributed by atoms with Crippen LogP contribution in [0, 0.1) is 5.92 Å². The molecule has 5 heteroatoms. The number of carbonyl (C=O) groups is 1. The number of piperidine rings is 1. The normalized spacial score (nSPS) is 20.1. The molecule has 3 N–H and O–H groups in total. The van der Waals surface area contributed by atoms with E-state index in [1.807, 2.05) is 4.90 Å². The van der Waals surface area contributed by atoms with Crippen molar-refractivity contribution in [2.24, 2.45) is 5.92 Å². The average molecular weight is 234 g/mol. The minimum Gasteiger partial charge on any atom is -0.396 e. The SMILES string of the molecule is CC1CCCN(C(=O)Nc2ccncc2N)C1. The van der Waals surface area contributed by atoms with Crippen LogP contribution in [0.15, 0.2) is 18.5 Å². The molecular formula is C12H18N4O. The summed E-state index contributed by atoms with van der Waals surface area (Å²) >= 11 is 0. The lowest BCUT2D eigenvalue weighted by Gasteiger charge is -2.31. The predicted molar refractivity (Wildman–Crippen MR) is 67.6 cm³/mol. The zero-order chi connectivity index (χ0) is 12.3. The van der Waals surface area contributed by atoms with Crippen molar-refractivity contribution in [2.75, 3.05) is 24.1 Å². The Bertz CT molecular complexity index is 407. The van der Waals surface area contributed by atoms with Crippen LogP contribution < -0.4 is 11.1 Å². The number of nitrogens with two attached hydrogens (primary N) is 1. The molecule has 0 spiro atoms. The second-order valence-corrected chi connectivity index (χ2v) is 4.59. The van der Waals surface area contributed by atoms with Gasteiger partial charge in [0, 0.05) is 19.3 Å². The number of likely N-dealkylation sites (tertiary alicyclic amines) is 1. The summed E-state index contributed by atoms with van der Waals surface area (Å²) in [7, 11) is 0. The number of anilines is 2. The molecule has 17 heavy (non-hydrogen) atoms. The van der Waals surface area contributed by atoms with Gasteiger partial charge < -0.3 is 16.0 Å². The molecule has 1 saturated heterocycles. The second-order valence-electron chi connectivity index (χ2n) is 4.59. The summed E-state index contributed by atoms with van der Waals surface area (Å²) in [5.74, 6) is 0.573. The molecule has 1 fully saturated rings. The summed E-state index contributed by atoms with van der Waals surface area (Å²) in [5.41, 5.74) is 6.85. The number of hydrogen-bond acceptors (Lipinski definition) is 3. The van der Waals surface area contributed by atoms with Crippen LogP contribution in [0.2, 0.25) is 0 Å². The van der Waals surface area contributed by atoms with Crippen LogP contribution in [0.3, 0.4) is 0 Å². The van der Waals surface area contributed by atoms with Crippen molar-refractivity contribution in [3.63, 3.8) is 0 Å². The van der Waals surface area contributed by atoms with Crippen LogP contribution in [0.5, 0.6) is 0 Å². The zero-order valence-electron chi connectivity index (χ0n) is 10.0. The first-order chi connectivity index (χ1) is 8.16. The van der Waals surface area contributed by atoms with E-state index in [9.17, 15) is 4.79 Å². The van der Waals surface area contributed by atoms with Crippen LogP contribution in [-0.4, -0.2) is 29.0 Å². The van der Waals surface area contributed by atoms with Gasteiger partial charge in [0.2, 0.25) is 0 Å². The molecule has 1 aliphatic rings. The van der Waals surface area contributed by atoms with Gasteiger partial charge in [0.25, 0.3) is 0 Å². The molecule has 0 saturated carbocycles. The third-order valence-corrected chi connectivity index (χ3v) is 3.04. The molecule has 2 heterocycles. The Morgan fingerprint density at radius 3 is 3.18 bits per heavy atom. The topological polar surface area (TPSA) is 71.2 Å². The van der Waals surface area contributed by atoms with Crippen LogP contribution in [0.1, 0.15) is 19.8 Å². The smallest absolute Gasteiger partial charge is 0.321 e. The Morgan fingerprint density at radius 1 is 1.65 bits per heavy atom. The first-order valence-electron chi connectivity index (χ1n) is 5.92. The highest BCUT2D eigenvalue weighted by atomic mass is 16.2. The number of carbonyl (C=O) groups excluding carboxylic acids is 1. The molecule has 1 aromatic rings. The van der Waals surface area contributed by atoms with Crippen molar-refractivity contribution >= 4 is 17.4 Å². The maximum absolute atomic E-state index is 12.0. The fourth-order valence-electron chi connectivity index (χ4n) is 2.09. The number of pyridine rings is 1. The first kappa shape index (κ1) is 11.7. The molecule has 0 radical (unpaired) electrons. The summed E-state index contributed by atoms with van der Waals surface area (Å²) in [5, 5.41) is 2.82. The van der Waals surface area contributed by atoms with Crippen molar-refractivity contribution in [2.45, 2.75) is 19.8 Å². The van der Waals surface area contributed by atoms with E-state index in [0.717, 1.165) is 19.5 Å². The van der Waals surface area contributed by atoms with Gasteiger partial charge in [-0.2, -0.15) is 0 Å². The summed E-state index contributed by atoms with van der Waals surface area (Å²) < 4.78 is 0. The predicted octanol–water partition coefficient (Wildman–Crippen LogP) is 1.93. The van der Waals surface area contributed by atoms with E-state index in [1.165, 1.54) is 12.6 Å². The molecule has 0 aromatic carbocycles. The standard InChI is InChI=1S/C12H18N4O/c1-9-3-2-6-16(8-9)12(17)15-11-4-5-14-7-10(11)13/h4-5,7,9H,2-3,6,8,13H2,1H3,(H,14,15,17). The molecule has 1 unspecified atom stereocenters. The van der Waals surface area contributed by atoms with E-state index in [4.69, 9.17) is 5.73 Å². The lowest BCUT2D eigenvalue weighted by molar-refractivity contribution is 0.182. The third kappa shape index (κ3) is 2.87. The monoisotopic (exact) mass is 234 g/mol. The Morgan fingerprint density at radius 2 is 2.47 bits per heavy atom. The molecule has 92 valence electrons. The van der Waals surface area contributed by atoms with Crippen molar-refractivity contribution in [3.05, 3.63) is 18.5 Å². The van der Waals surface area contributed by atoms with E-state index in [1.54, 1.807) is 12.3 Å². The highest BCUT2D eigenvalue weighted by molar-refractivity contribution is 5.92. The lowest BCUT2D eigenvalue weighted by atomic mass is 10.0. The second kappa shape index (κ2) is 5.03. The summed E-state index contributed by atoms with van der Waals surface area (Å²) in [6.45, 7) is 3.80. The number of nitrogen functional groups attached to an aromatic ring is 1.